The predicted octanol–water partition coefficient (Wildman–Crippen LogP) is 4.03. The van der Waals surface area contributed by atoms with E-state index >= 15 is 0 Å². The van der Waals surface area contributed by atoms with E-state index in [4.69, 9.17) is 15.2 Å². The molecule has 1 aromatic rings. The summed E-state index contributed by atoms with van der Waals surface area (Å²) in [7, 11) is 1.29. The molecule has 1 fully saturated rings. The van der Waals surface area contributed by atoms with E-state index in [-0.39, 0.29) is 17.9 Å². The maximum atomic E-state index is 14.2. The van der Waals surface area contributed by atoms with Gasteiger partial charge in [-0.25, -0.2) is 9.59 Å². The summed E-state index contributed by atoms with van der Waals surface area (Å²) >= 11 is 0. The molecule has 0 aromatic heterocycles. The largest absolute Gasteiger partial charge is 0.467 e. The van der Waals surface area contributed by atoms with Gasteiger partial charge in [-0.15, -0.1) is 0 Å². The molecule has 3 amide bonds. The van der Waals surface area contributed by atoms with E-state index < -0.39 is 35.8 Å². The van der Waals surface area contributed by atoms with Gasteiger partial charge in [-0.3, -0.25) is 9.59 Å². The van der Waals surface area contributed by atoms with Gasteiger partial charge in [-0.2, -0.15) is 0 Å². The number of alkyl carbamates (subject to hydrolysis) is 1. The molecule has 1 saturated heterocycles. The highest BCUT2D eigenvalue weighted by Gasteiger charge is 2.40. The van der Waals surface area contributed by atoms with Crippen molar-refractivity contribution in [1.29, 1.82) is 0 Å². The molecular formula is C32H50N4O6. The fraction of sp³-hybridized carbons (Fsp3) is 0.625. The van der Waals surface area contributed by atoms with E-state index in [1.165, 1.54) is 12.0 Å². The van der Waals surface area contributed by atoms with Crippen molar-refractivity contribution in [3.05, 3.63) is 48.0 Å². The lowest BCUT2D eigenvalue weighted by Crippen LogP contribution is -2.54. The van der Waals surface area contributed by atoms with Crippen LogP contribution < -0.4 is 11.1 Å². The van der Waals surface area contributed by atoms with Gasteiger partial charge in [0.05, 0.1) is 19.1 Å². The quantitative estimate of drug-likeness (QED) is 0.180. The molecule has 1 aromatic carbocycles. The van der Waals surface area contributed by atoms with Gasteiger partial charge >= 0.3 is 12.1 Å². The smallest absolute Gasteiger partial charge is 0.408 e. The van der Waals surface area contributed by atoms with E-state index in [0.29, 0.717) is 58.0 Å². The number of carbonyl (C=O) groups is 4. The fourth-order valence-electron chi connectivity index (χ4n) is 5.24. The van der Waals surface area contributed by atoms with Gasteiger partial charge in [-0.05, 0) is 77.3 Å². The normalized spacial score (nSPS) is 17.5. The Kier molecular flexibility index (Phi) is 14.0. The average Bonchev–Trinajstić information content (AvgIpc) is 3.41. The lowest BCUT2D eigenvalue weighted by molar-refractivity contribution is -0.156. The van der Waals surface area contributed by atoms with Crippen LogP contribution in [0, 0.1) is 11.8 Å². The van der Waals surface area contributed by atoms with E-state index in [2.05, 4.69) is 19.2 Å². The zero-order chi connectivity index (χ0) is 31.3. The third kappa shape index (κ3) is 11.1. The number of nitrogens with one attached hydrogen (secondary N) is 1. The van der Waals surface area contributed by atoms with Crippen LogP contribution in [0.25, 0.3) is 0 Å². The Bertz CT molecular complexity index is 1040. The molecule has 42 heavy (non-hydrogen) atoms. The molecule has 0 saturated carbocycles. The highest BCUT2D eigenvalue weighted by molar-refractivity contribution is 5.83. The van der Waals surface area contributed by atoms with Crippen LogP contribution in [0.1, 0.15) is 72.3 Å². The van der Waals surface area contributed by atoms with Gasteiger partial charge < -0.3 is 30.3 Å². The second-order valence-corrected chi connectivity index (χ2v) is 12.2. The number of amides is 3. The maximum absolute atomic E-state index is 14.2. The van der Waals surface area contributed by atoms with E-state index in [1.807, 2.05) is 63.3 Å². The first kappa shape index (κ1) is 34.8. The van der Waals surface area contributed by atoms with Gasteiger partial charge in [0.2, 0.25) is 12.3 Å². The van der Waals surface area contributed by atoms with Crippen molar-refractivity contribution in [2.45, 2.75) is 97.0 Å². The maximum Gasteiger partial charge on any atom is 0.408 e. The highest BCUT2D eigenvalue weighted by Crippen LogP contribution is 2.27. The van der Waals surface area contributed by atoms with Crippen LogP contribution in [0.2, 0.25) is 0 Å². The average molecular weight is 587 g/mol. The molecule has 10 nitrogen and oxygen atoms in total. The lowest BCUT2D eigenvalue weighted by Gasteiger charge is -2.37. The summed E-state index contributed by atoms with van der Waals surface area (Å²) in [5.74, 6) is -0.948. The van der Waals surface area contributed by atoms with Gasteiger partial charge in [-0.1, -0.05) is 56.3 Å². The Balaban J connectivity index is 2.38. The molecular weight excluding hydrogens is 536 g/mol. The molecule has 4 atom stereocenters. The van der Waals surface area contributed by atoms with E-state index in [0.717, 1.165) is 5.56 Å². The first-order valence-electron chi connectivity index (χ1n) is 14.9. The van der Waals surface area contributed by atoms with Crippen molar-refractivity contribution in [3.63, 3.8) is 0 Å². The summed E-state index contributed by atoms with van der Waals surface area (Å²) in [5.41, 5.74) is 6.03. The standard InChI is InChI=1S/C32H50N4O6/c1-23(2)20-26(34-31(40)42-32(3,4)5)17-16-25(21-24-12-8-7-9-13-24)29(38)35-19-11-15-28(35)36(22-37)27(14-10-18-33)30(39)41-6/h7-9,12-13,16-17,22-23,25-28H,10-11,14-15,18-21,33H2,1-6H3,(H,34,40)/b17-16+/t25-,26+,27?,28+/m0/s1. The Hall–Kier alpha value is -3.40. The Labute approximate surface area is 251 Å². The second-order valence-electron chi connectivity index (χ2n) is 12.2. The third-order valence-electron chi connectivity index (χ3n) is 7.10. The molecule has 1 aliphatic heterocycles. The summed E-state index contributed by atoms with van der Waals surface area (Å²) < 4.78 is 10.5. The number of hydrogen-bond donors (Lipinski definition) is 2. The van der Waals surface area contributed by atoms with Crippen LogP contribution in [0.5, 0.6) is 0 Å². The fourth-order valence-corrected chi connectivity index (χ4v) is 5.24. The summed E-state index contributed by atoms with van der Waals surface area (Å²) in [6.07, 6.45) is 6.51. The Morgan fingerprint density at radius 3 is 2.43 bits per heavy atom. The Morgan fingerprint density at radius 1 is 1.17 bits per heavy atom. The minimum absolute atomic E-state index is 0.146. The van der Waals surface area contributed by atoms with Gasteiger partial charge in [0, 0.05) is 6.54 Å². The second kappa shape index (κ2) is 16.9. The topological polar surface area (TPSA) is 131 Å². The number of benzene rings is 1. The van der Waals surface area contributed by atoms with E-state index in [9.17, 15) is 19.2 Å². The van der Waals surface area contributed by atoms with Crippen LogP contribution in [0.3, 0.4) is 0 Å². The first-order valence-corrected chi connectivity index (χ1v) is 14.9. The molecule has 0 radical (unpaired) electrons. The summed E-state index contributed by atoms with van der Waals surface area (Å²) in [5, 5.41) is 2.93. The number of methoxy groups -OCH3 is 1. The van der Waals surface area contributed by atoms with Crippen molar-refractivity contribution in [2.75, 3.05) is 20.2 Å². The molecule has 0 spiro atoms. The molecule has 10 heteroatoms. The summed E-state index contributed by atoms with van der Waals surface area (Å²) in [6.45, 7) is 10.4. The molecule has 1 heterocycles. The van der Waals surface area contributed by atoms with Crippen molar-refractivity contribution < 1.29 is 28.7 Å². The summed E-state index contributed by atoms with van der Waals surface area (Å²) in [4.78, 5) is 54.9. The Morgan fingerprint density at radius 2 is 1.86 bits per heavy atom. The molecule has 2 rings (SSSR count). The minimum Gasteiger partial charge on any atom is -0.467 e. The number of ether oxygens (including phenoxy) is 2. The van der Waals surface area contributed by atoms with Crippen LogP contribution in [0.15, 0.2) is 42.5 Å². The number of esters is 1. The number of nitrogens with zero attached hydrogens (tertiary/aromatic N) is 2. The third-order valence-corrected chi connectivity index (χ3v) is 7.10. The van der Waals surface area contributed by atoms with Crippen molar-refractivity contribution in [2.24, 2.45) is 17.6 Å². The minimum atomic E-state index is -0.828. The van der Waals surface area contributed by atoms with Gasteiger partial charge in [0.1, 0.15) is 17.8 Å². The summed E-state index contributed by atoms with van der Waals surface area (Å²) in [6, 6.07) is 8.55. The lowest BCUT2D eigenvalue weighted by atomic mass is 9.95. The zero-order valence-corrected chi connectivity index (χ0v) is 26.1. The number of carbonyl (C=O) groups excluding carboxylic acids is 4. The number of rotatable bonds is 15. The van der Waals surface area contributed by atoms with Crippen LogP contribution in [-0.4, -0.2) is 78.2 Å². The predicted molar refractivity (Wildman–Crippen MR) is 162 cm³/mol. The SMILES string of the molecule is COC(=O)C(CCCN)N(C=O)[C@@H]1CCCN1C(=O)[C@@H](/C=C/[C@H](CC(C)C)NC(=O)OC(C)(C)C)Cc1ccccc1. The van der Waals surface area contributed by atoms with Crippen LogP contribution >= 0.6 is 0 Å². The number of hydrogen-bond acceptors (Lipinski definition) is 7. The molecule has 0 aliphatic carbocycles. The molecule has 0 bridgehead atoms. The van der Waals surface area contributed by atoms with Crippen LogP contribution in [0.4, 0.5) is 4.79 Å². The number of nitrogens with two attached hydrogens (primary N) is 1. The van der Waals surface area contributed by atoms with Crippen molar-refractivity contribution in [3.8, 4) is 0 Å². The molecule has 1 aliphatic rings. The monoisotopic (exact) mass is 586 g/mol. The van der Waals surface area contributed by atoms with E-state index in [1.54, 1.807) is 4.90 Å². The molecule has 1 unspecified atom stereocenters. The van der Waals surface area contributed by atoms with Crippen molar-refractivity contribution in [1.82, 2.24) is 15.1 Å². The molecule has 3 N–H and O–H groups in total. The molecule has 234 valence electrons. The van der Waals surface area contributed by atoms with Gasteiger partial charge in [0.15, 0.2) is 0 Å². The number of likely N-dealkylation sites (tertiary alicyclic amines) is 1. The zero-order valence-electron chi connectivity index (χ0n) is 26.1. The van der Waals surface area contributed by atoms with Crippen LogP contribution in [-0.2, 0) is 30.3 Å². The first-order chi connectivity index (χ1) is 19.9. The highest BCUT2D eigenvalue weighted by atomic mass is 16.6. The van der Waals surface area contributed by atoms with Gasteiger partial charge in [0.25, 0.3) is 0 Å². The van der Waals surface area contributed by atoms with Crippen molar-refractivity contribution >= 4 is 24.4 Å².